The molecule has 96 valence electrons. The molecule has 0 atom stereocenters. The fourth-order valence-corrected chi connectivity index (χ4v) is 2.81. The number of thiophene rings is 1. The Balaban J connectivity index is 1.88. The lowest BCUT2D eigenvalue weighted by Gasteiger charge is -2.01. The quantitative estimate of drug-likeness (QED) is 0.527. The number of nitrogens with zero attached hydrogens (tertiary/aromatic N) is 1. The smallest absolute Gasteiger partial charge is 0.164 e. The highest BCUT2D eigenvalue weighted by molar-refractivity contribution is 7.17. The summed E-state index contributed by atoms with van der Waals surface area (Å²) in [4.78, 5) is 16.3. The van der Waals surface area contributed by atoms with Crippen LogP contribution < -0.4 is 0 Å². The maximum absolute atomic E-state index is 12.0. The lowest BCUT2D eigenvalue weighted by molar-refractivity contribution is 0.0979. The van der Waals surface area contributed by atoms with Gasteiger partial charge in [0.2, 0.25) is 0 Å². The van der Waals surface area contributed by atoms with E-state index in [0.717, 1.165) is 28.6 Å². The van der Waals surface area contributed by atoms with Gasteiger partial charge in [-0.15, -0.1) is 11.3 Å². The Hall–Kier alpha value is -1.22. The highest BCUT2D eigenvalue weighted by atomic mass is 32.1. The van der Waals surface area contributed by atoms with Crippen LogP contribution in [0.4, 0.5) is 0 Å². The number of pyridine rings is 1. The van der Waals surface area contributed by atoms with Crippen molar-refractivity contribution in [2.45, 2.75) is 45.4 Å². The maximum Gasteiger partial charge on any atom is 0.164 e. The lowest BCUT2D eigenvalue weighted by Crippen LogP contribution is -1.99. The second-order valence-electron chi connectivity index (χ2n) is 4.62. The van der Waals surface area contributed by atoms with E-state index in [2.05, 4.69) is 11.9 Å². The second-order valence-corrected chi connectivity index (χ2v) is 5.56. The highest BCUT2D eigenvalue weighted by Crippen LogP contribution is 2.20. The molecule has 0 radical (unpaired) electrons. The molecular formula is C15H19NOS. The highest BCUT2D eigenvalue weighted by Gasteiger charge is 2.07. The summed E-state index contributed by atoms with van der Waals surface area (Å²) < 4.78 is 1.10. The van der Waals surface area contributed by atoms with Gasteiger partial charge in [0.1, 0.15) is 0 Å². The van der Waals surface area contributed by atoms with Gasteiger partial charge in [-0.1, -0.05) is 32.6 Å². The van der Waals surface area contributed by atoms with Gasteiger partial charge in [-0.3, -0.25) is 9.78 Å². The van der Waals surface area contributed by atoms with Gasteiger partial charge < -0.3 is 0 Å². The van der Waals surface area contributed by atoms with Gasteiger partial charge in [-0.05, 0) is 23.9 Å². The van der Waals surface area contributed by atoms with Gasteiger partial charge >= 0.3 is 0 Å². The monoisotopic (exact) mass is 261 g/mol. The van der Waals surface area contributed by atoms with Crippen LogP contribution >= 0.6 is 11.3 Å². The fraction of sp³-hybridized carbons (Fsp3) is 0.467. The Kier molecular flexibility index (Phi) is 4.88. The van der Waals surface area contributed by atoms with Gasteiger partial charge in [0.25, 0.3) is 0 Å². The van der Waals surface area contributed by atoms with Crippen molar-refractivity contribution in [3.05, 3.63) is 29.3 Å². The van der Waals surface area contributed by atoms with Crippen molar-refractivity contribution in [2.75, 3.05) is 0 Å². The summed E-state index contributed by atoms with van der Waals surface area (Å²) in [6.07, 6.45) is 8.29. The molecule has 18 heavy (non-hydrogen) atoms. The zero-order valence-electron chi connectivity index (χ0n) is 10.8. The summed E-state index contributed by atoms with van der Waals surface area (Å²) in [6, 6.07) is 3.96. The van der Waals surface area contributed by atoms with Crippen LogP contribution in [0.5, 0.6) is 0 Å². The summed E-state index contributed by atoms with van der Waals surface area (Å²) in [5.74, 6) is 0.231. The van der Waals surface area contributed by atoms with Crippen molar-refractivity contribution >= 4 is 27.3 Å². The first kappa shape index (κ1) is 13.2. The molecule has 2 nitrogen and oxygen atoms in total. The molecule has 3 heteroatoms. The van der Waals surface area contributed by atoms with Crippen LogP contribution in [0.25, 0.3) is 10.2 Å². The van der Waals surface area contributed by atoms with E-state index < -0.39 is 0 Å². The SMILES string of the molecule is CCCCCCCC(=O)c1cnc2ccsc2c1. The van der Waals surface area contributed by atoms with Crippen LogP contribution in [0, 0.1) is 0 Å². The summed E-state index contributed by atoms with van der Waals surface area (Å²) in [5.41, 5.74) is 1.75. The molecule has 0 aliphatic rings. The van der Waals surface area contributed by atoms with Crippen molar-refractivity contribution in [3.63, 3.8) is 0 Å². The molecule has 2 heterocycles. The van der Waals surface area contributed by atoms with Crippen LogP contribution in [0.2, 0.25) is 0 Å². The first-order chi connectivity index (χ1) is 8.81. The molecule has 0 saturated carbocycles. The van der Waals surface area contributed by atoms with Crippen molar-refractivity contribution in [2.24, 2.45) is 0 Å². The van der Waals surface area contributed by atoms with Crippen LogP contribution in [-0.2, 0) is 0 Å². The van der Waals surface area contributed by atoms with E-state index in [1.807, 2.05) is 17.5 Å². The maximum atomic E-state index is 12.0. The Morgan fingerprint density at radius 1 is 1.28 bits per heavy atom. The molecule has 0 amide bonds. The van der Waals surface area contributed by atoms with E-state index in [4.69, 9.17) is 0 Å². The minimum atomic E-state index is 0.231. The number of ketones is 1. The number of fused-ring (bicyclic) bond motifs is 1. The van der Waals surface area contributed by atoms with Crippen LogP contribution in [-0.4, -0.2) is 10.8 Å². The van der Waals surface area contributed by atoms with Gasteiger partial charge in [0.15, 0.2) is 5.78 Å². The van der Waals surface area contributed by atoms with E-state index in [9.17, 15) is 4.79 Å². The third kappa shape index (κ3) is 3.39. The molecule has 0 unspecified atom stereocenters. The van der Waals surface area contributed by atoms with Gasteiger partial charge in [0, 0.05) is 18.2 Å². The molecule has 0 bridgehead atoms. The number of carbonyl (C=O) groups excluding carboxylic acids is 1. The minimum Gasteiger partial charge on any atom is -0.294 e. The van der Waals surface area contributed by atoms with Gasteiger partial charge in [-0.25, -0.2) is 0 Å². The Morgan fingerprint density at radius 2 is 2.11 bits per heavy atom. The summed E-state index contributed by atoms with van der Waals surface area (Å²) in [6.45, 7) is 2.20. The second kappa shape index (κ2) is 6.64. The molecule has 0 aliphatic heterocycles. The first-order valence-electron chi connectivity index (χ1n) is 6.67. The average molecular weight is 261 g/mol. The van der Waals surface area contributed by atoms with E-state index in [-0.39, 0.29) is 5.78 Å². The largest absolute Gasteiger partial charge is 0.294 e. The van der Waals surface area contributed by atoms with Crippen molar-refractivity contribution in [1.82, 2.24) is 4.98 Å². The van der Waals surface area contributed by atoms with E-state index in [1.54, 1.807) is 17.5 Å². The predicted molar refractivity (Wildman–Crippen MR) is 77.3 cm³/mol. The summed E-state index contributed by atoms with van der Waals surface area (Å²) >= 11 is 1.64. The topological polar surface area (TPSA) is 30.0 Å². The number of Topliss-reactive ketones (excluding diaryl/α,β-unsaturated/α-hetero) is 1. The Labute approximate surface area is 112 Å². The molecule has 0 N–H and O–H groups in total. The number of unbranched alkanes of at least 4 members (excludes halogenated alkanes) is 4. The van der Waals surface area contributed by atoms with Crippen molar-refractivity contribution in [3.8, 4) is 0 Å². The minimum absolute atomic E-state index is 0.231. The van der Waals surface area contributed by atoms with Gasteiger partial charge in [-0.2, -0.15) is 0 Å². The lowest BCUT2D eigenvalue weighted by atomic mass is 10.1. The molecule has 0 fully saturated rings. The van der Waals surface area contributed by atoms with Crippen LogP contribution in [0.1, 0.15) is 55.8 Å². The number of hydrogen-bond acceptors (Lipinski definition) is 3. The Morgan fingerprint density at radius 3 is 2.94 bits per heavy atom. The zero-order chi connectivity index (χ0) is 12.8. The molecule has 2 aromatic heterocycles. The molecule has 0 spiro atoms. The number of hydrogen-bond donors (Lipinski definition) is 0. The van der Waals surface area contributed by atoms with Crippen molar-refractivity contribution in [1.29, 1.82) is 0 Å². The number of carbonyl (C=O) groups is 1. The third-order valence-electron chi connectivity index (χ3n) is 3.13. The number of aromatic nitrogens is 1. The van der Waals surface area contributed by atoms with Crippen LogP contribution in [0.15, 0.2) is 23.7 Å². The summed E-state index contributed by atoms with van der Waals surface area (Å²) in [5, 5.41) is 2.01. The first-order valence-corrected chi connectivity index (χ1v) is 7.55. The molecular weight excluding hydrogens is 242 g/mol. The van der Waals surface area contributed by atoms with Gasteiger partial charge in [0.05, 0.1) is 10.2 Å². The normalized spacial score (nSPS) is 10.9. The molecule has 0 aromatic carbocycles. The predicted octanol–water partition coefficient (Wildman–Crippen LogP) is 4.84. The molecule has 0 saturated heterocycles. The van der Waals surface area contributed by atoms with E-state index in [1.165, 1.54) is 19.3 Å². The number of rotatable bonds is 7. The average Bonchev–Trinajstić information content (AvgIpc) is 2.85. The van der Waals surface area contributed by atoms with E-state index in [0.29, 0.717) is 6.42 Å². The Bertz CT molecular complexity index is 518. The molecule has 2 aromatic rings. The van der Waals surface area contributed by atoms with Crippen LogP contribution in [0.3, 0.4) is 0 Å². The summed E-state index contributed by atoms with van der Waals surface area (Å²) in [7, 11) is 0. The molecule has 0 aliphatic carbocycles. The molecule has 2 rings (SSSR count). The zero-order valence-corrected chi connectivity index (χ0v) is 11.6. The third-order valence-corrected chi connectivity index (χ3v) is 3.99. The fourth-order valence-electron chi connectivity index (χ4n) is 2.03. The van der Waals surface area contributed by atoms with Crippen molar-refractivity contribution < 1.29 is 4.79 Å². The standard InChI is InChI=1S/C15H19NOS/c1-2-3-4-5-6-7-14(17)12-10-15-13(16-11-12)8-9-18-15/h8-11H,2-7H2,1H3. The van der Waals surface area contributed by atoms with E-state index >= 15 is 0 Å².